The highest BCUT2D eigenvalue weighted by Crippen LogP contribution is 2.27. The average molecular weight is 329 g/mol. The van der Waals surface area contributed by atoms with Gasteiger partial charge < -0.3 is 9.67 Å². The largest absolute Gasteiger partial charge is 0.481 e. The van der Waals surface area contributed by atoms with Gasteiger partial charge in [-0.05, 0) is 12.1 Å². The molecule has 0 bridgehead atoms. The minimum atomic E-state index is -0.856. The van der Waals surface area contributed by atoms with Crippen molar-refractivity contribution < 1.29 is 9.90 Å². The van der Waals surface area contributed by atoms with Gasteiger partial charge in [-0.2, -0.15) is 0 Å². The summed E-state index contributed by atoms with van der Waals surface area (Å²) in [7, 11) is 0. The molecule has 0 saturated carbocycles. The minimum absolute atomic E-state index is 0.0344. The number of fused-ring (bicyclic) bond motifs is 1. The van der Waals surface area contributed by atoms with Crippen LogP contribution in [0.3, 0.4) is 0 Å². The molecule has 0 saturated heterocycles. The normalized spacial score (nSPS) is 12.0. The van der Waals surface area contributed by atoms with Crippen LogP contribution in [0.5, 0.6) is 0 Å². The smallest absolute Gasteiger partial charge is 0.309 e. The van der Waals surface area contributed by atoms with Gasteiger partial charge in [-0.25, -0.2) is 9.97 Å². The van der Waals surface area contributed by atoms with E-state index in [1.54, 1.807) is 0 Å². The van der Waals surface area contributed by atoms with E-state index >= 15 is 0 Å². The van der Waals surface area contributed by atoms with Crippen molar-refractivity contribution in [2.45, 2.75) is 39.2 Å². The lowest BCUT2D eigenvalue weighted by atomic mass is 9.95. The molecule has 0 aliphatic rings. The molecule has 0 aliphatic heterocycles. The molecule has 2 heterocycles. The van der Waals surface area contributed by atoms with Crippen molar-refractivity contribution in [3.63, 3.8) is 0 Å². The number of para-hydroxylation sites is 2. The number of benzene rings is 1. The van der Waals surface area contributed by atoms with Crippen molar-refractivity contribution in [3.05, 3.63) is 46.2 Å². The Kier molecular flexibility index (Phi) is 3.93. The maximum atomic E-state index is 10.8. The predicted octanol–water partition coefficient (Wildman–Crippen LogP) is 3.47. The second kappa shape index (κ2) is 5.77. The van der Waals surface area contributed by atoms with Crippen molar-refractivity contribution >= 4 is 28.3 Å². The summed E-state index contributed by atoms with van der Waals surface area (Å²) in [6.45, 7) is 7.03. The molecule has 5 nitrogen and oxygen atoms in total. The first kappa shape index (κ1) is 15.7. The number of rotatable bonds is 4. The van der Waals surface area contributed by atoms with Crippen LogP contribution in [-0.4, -0.2) is 25.6 Å². The summed E-state index contributed by atoms with van der Waals surface area (Å²) in [6.07, 6.45) is -0.0344. The second-order valence-electron chi connectivity index (χ2n) is 6.56. The number of thiazole rings is 1. The fourth-order valence-electron chi connectivity index (χ4n) is 2.60. The first-order valence-electron chi connectivity index (χ1n) is 7.45. The number of carboxylic acids is 1. The molecule has 1 aromatic carbocycles. The molecule has 3 rings (SSSR count). The topological polar surface area (TPSA) is 68.0 Å². The molecule has 0 atom stereocenters. The maximum absolute atomic E-state index is 10.8. The third-order valence-corrected chi connectivity index (χ3v) is 4.43. The first-order valence-corrected chi connectivity index (χ1v) is 8.33. The van der Waals surface area contributed by atoms with E-state index in [4.69, 9.17) is 10.1 Å². The van der Waals surface area contributed by atoms with E-state index in [0.29, 0.717) is 12.2 Å². The van der Waals surface area contributed by atoms with Gasteiger partial charge in [0, 0.05) is 10.8 Å². The molecule has 6 heteroatoms. The number of hydrogen-bond acceptors (Lipinski definition) is 4. The fourth-order valence-corrected chi connectivity index (χ4v) is 3.38. The third kappa shape index (κ3) is 3.27. The number of carbonyl (C=O) groups is 1. The standard InChI is InChI=1S/C17H19N3O2S/c1-17(2,3)16-19-12-6-4-5-7-13(12)20(16)9-14-18-11(10-23-14)8-15(21)22/h4-7,10H,8-9H2,1-3H3,(H,21,22). The van der Waals surface area contributed by atoms with E-state index in [1.165, 1.54) is 11.3 Å². The molecule has 23 heavy (non-hydrogen) atoms. The quantitative estimate of drug-likeness (QED) is 0.796. The summed E-state index contributed by atoms with van der Waals surface area (Å²) in [4.78, 5) is 20.0. The van der Waals surface area contributed by atoms with Crippen LogP contribution < -0.4 is 0 Å². The predicted molar refractivity (Wildman–Crippen MR) is 91.0 cm³/mol. The van der Waals surface area contributed by atoms with Crippen LogP contribution in [0.4, 0.5) is 0 Å². The summed E-state index contributed by atoms with van der Waals surface area (Å²) in [5.74, 6) is 0.152. The van der Waals surface area contributed by atoms with Gasteiger partial charge in [0.05, 0.1) is 29.7 Å². The molecule has 0 unspecified atom stereocenters. The molecule has 3 aromatic rings. The lowest BCUT2D eigenvalue weighted by Gasteiger charge is -2.19. The molecular weight excluding hydrogens is 310 g/mol. The van der Waals surface area contributed by atoms with Crippen LogP contribution in [0, 0.1) is 0 Å². The molecule has 1 N–H and O–H groups in total. The van der Waals surface area contributed by atoms with E-state index < -0.39 is 5.97 Å². The first-order chi connectivity index (χ1) is 10.8. The molecule has 2 aromatic heterocycles. The number of carboxylic acid groups (broad SMARTS) is 1. The van der Waals surface area contributed by atoms with Crippen LogP contribution in [0.2, 0.25) is 0 Å². The van der Waals surface area contributed by atoms with Crippen LogP contribution in [0.15, 0.2) is 29.6 Å². The Labute approximate surface area is 138 Å². The lowest BCUT2D eigenvalue weighted by molar-refractivity contribution is -0.136. The zero-order chi connectivity index (χ0) is 16.6. The van der Waals surface area contributed by atoms with E-state index in [0.717, 1.165) is 21.9 Å². The van der Waals surface area contributed by atoms with Gasteiger partial charge >= 0.3 is 5.97 Å². The summed E-state index contributed by atoms with van der Waals surface area (Å²) >= 11 is 1.49. The van der Waals surface area contributed by atoms with Crippen molar-refractivity contribution in [3.8, 4) is 0 Å². The Balaban J connectivity index is 2.01. The van der Waals surface area contributed by atoms with Crippen molar-refractivity contribution in [2.24, 2.45) is 0 Å². The monoisotopic (exact) mass is 329 g/mol. The van der Waals surface area contributed by atoms with Gasteiger partial charge in [0.15, 0.2) is 0 Å². The Morgan fingerprint density at radius 2 is 2.00 bits per heavy atom. The molecule has 0 radical (unpaired) electrons. The zero-order valence-electron chi connectivity index (χ0n) is 13.4. The second-order valence-corrected chi connectivity index (χ2v) is 7.51. The number of nitrogens with zero attached hydrogens (tertiary/aromatic N) is 3. The third-order valence-electron chi connectivity index (χ3n) is 3.55. The van der Waals surface area contributed by atoms with Gasteiger partial charge in [0.25, 0.3) is 0 Å². The van der Waals surface area contributed by atoms with Crippen molar-refractivity contribution in [1.82, 2.24) is 14.5 Å². The van der Waals surface area contributed by atoms with Gasteiger partial charge in [-0.3, -0.25) is 4.79 Å². The Morgan fingerprint density at radius 3 is 2.70 bits per heavy atom. The Bertz CT molecular complexity index is 858. The highest BCUT2D eigenvalue weighted by molar-refractivity contribution is 7.09. The highest BCUT2D eigenvalue weighted by atomic mass is 32.1. The molecule has 0 fully saturated rings. The number of hydrogen-bond donors (Lipinski definition) is 1. The molecule has 120 valence electrons. The Morgan fingerprint density at radius 1 is 1.26 bits per heavy atom. The minimum Gasteiger partial charge on any atom is -0.481 e. The Hall–Kier alpha value is -2.21. The van der Waals surface area contributed by atoms with E-state index in [9.17, 15) is 4.79 Å². The fraction of sp³-hybridized carbons (Fsp3) is 0.353. The summed E-state index contributed by atoms with van der Waals surface area (Å²) in [5, 5.41) is 11.6. The number of imidazole rings is 1. The van der Waals surface area contributed by atoms with Gasteiger partial charge in [0.1, 0.15) is 10.8 Å². The molecule has 0 spiro atoms. The van der Waals surface area contributed by atoms with Crippen LogP contribution in [-0.2, 0) is 23.2 Å². The van der Waals surface area contributed by atoms with Gasteiger partial charge in [-0.15, -0.1) is 11.3 Å². The van der Waals surface area contributed by atoms with Crippen LogP contribution in [0.25, 0.3) is 11.0 Å². The molecular formula is C17H19N3O2S. The lowest BCUT2D eigenvalue weighted by Crippen LogP contribution is -2.19. The van der Waals surface area contributed by atoms with Gasteiger partial charge in [0.2, 0.25) is 0 Å². The number of aliphatic carboxylic acids is 1. The summed E-state index contributed by atoms with van der Waals surface area (Å²) in [5.41, 5.74) is 2.58. The van der Waals surface area contributed by atoms with E-state index in [1.807, 2.05) is 23.6 Å². The van der Waals surface area contributed by atoms with Crippen molar-refractivity contribution in [2.75, 3.05) is 0 Å². The highest BCUT2D eigenvalue weighted by Gasteiger charge is 2.23. The average Bonchev–Trinajstić information content (AvgIpc) is 3.03. The summed E-state index contributed by atoms with van der Waals surface area (Å²) in [6, 6.07) is 8.06. The maximum Gasteiger partial charge on any atom is 0.309 e. The van der Waals surface area contributed by atoms with E-state index in [2.05, 4.69) is 36.4 Å². The number of aromatic nitrogens is 3. The van der Waals surface area contributed by atoms with Crippen molar-refractivity contribution in [1.29, 1.82) is 0 Å². The van der Waals surface area contributed by atoms with Gasteiger partial charge in [-0.1, -0.05) is 32.9 Å². The summed E-state index contributed by atoms with van der Waals surface area (Å²) < 4.78 is 2.18. The molecule has 0 amide bonds. The zero-order valence-corrected chi connectivity index (χ0v) is 14.2. The van der Waals surface area contributed by atoms with Crippen LogP contribution in [0.1, 0.15) is 37.3 Å². The molecule has 0 aliphatic carbocycles. The van der Waals surface area contributed by atoms with E-state index in [-0.39, 0.29) is 11.8 Å². The van der Waals surface area contributed by atoms with Crippen LogP contribution >= 0.6 is 11.3 Å². The SMILES string of the molecule is CC(C)(C)c1nc2ccccc2n1Cc1nc(CC(=O)O)cs1.